The summed E-state index contributed by atoms with van der Waals surface area (Å²) in [6.45, 7) is 2.19. The van der Waals surface area contributed by atoms with Crippen LogP contribution in [0.25, 0.3) is 0 Å². The van der Waals surface area contributed by atoms with Gasteiger partial charge >= 0.3 is 0 Å². The molecule has 0 heterocycles. The summed E-state index contributed by atoms with van der Waals surface area (Å²) in [4.78, 5) is 12.7. The van der Waals surface area contributed by atoms with Gasteiger partial charge in [-0.3, -0.25) is 4.79 Å². The molecule has 5 nitrogen and oxygen atoms in total. The summed E-state index contributed by atoms with van der Waals surface area (Å²) in [5.41, 5.74) is 0.0746. The number of rotatable bonds is 4. The zero-order chi connectivity index (χ0) is 16.2. The third-order valence-corrected chi connectivity index (χ3v) is 4.48. The first-order chi connectivity index (χ1) is 10.5. The Hall–Kier alpha value is -2.06. The number of nitrogens with one attached hydrogen (secondary N) is 1. The summed E-state index contributed by atoms with van der Waals surface area (Å²) in [6, 6.07) is 7.10. The van der Waals surface area contributed by atoms with E-state index in [1.54, 1.807) is 25.3 Å². The molecule has 118 valence electrons. The minimum Gasteiger partial charge on any atom is -0.497 e. The first kappa shape index (κ1) is 16.3. The van der Waals surface area contributed by atoms with E-state index in [4.69, 9.17) is 9.47 Å². The van der Waals surface area contributed by atoms with Crippen molar-refractivity contribution in [1.82, 2.24) is 0 Å². The fraction of sp³-hybridized carbons (Fsp3) is 0.529. The van der Waals surface area contributed by atoms with Crippen LogP contribution in [0, 0.1) is 17.2 Å². The molecule has 1 fully saturated rings. The van der Waals surface area contributed by atoms with Crippen molar-refractivity contribution in [1.29, 1.82) is 5.26 Å². The highest BCUT2D eigenvalue weighted by molar-refractivity contribution is 5.98. The second-order valence-corrected chi connectivity index (χ2v) is 5.86. The van der Waals surface area contributed by atoms with Gasteiger partial charge in [0, 0.05) is 7.11 Å². The number of ether oxygens (including phenoxy) is 2. The summed E-state index contributed by atoms with van der Waals surface area (Å²) in [5.74, 6) is 1.03. The number of nitrogens with zero attached hydrogens (tertiary/aromatic N) is 1. The van der Waals surface area contributed by atoms with E-state index in [-0.39, 0.29) is 5.91 Å². The van der Waals surface area contributed by atoms with E-state index >= 15 is 0 Å². The number of hydrogen-bond donors (Lipinski definition) is 1. The molecule has 1 aliphatic carbocycles. The Morgan fingerprint density at radius 3 is 2.59 bits per heavy atom. The van der Waals surface area contributed by atoms with E-state index in [0.29, 0.717) is 35.8 Å². The number of carbonyl (C=O) groups excluding carboxylic acids is 1. The van der Waals surface area contributed by atoms with Crippen LogP contribution in [0.4, 0.5) is 5.69 Å². The van der Waals surface area contributed by atoms with Gasteiger partial charge in [0.25, 0.3) is 5.91 Å². The normalized spacial score (nSPS) is 24.4. The SMILES string of the molecule is COc1ccc(NC(=O)C2(OC)CCC(C)CC2)c(C#N)c1. The van der Waals surface area contributed by atoms with Crippen molar-refractivity contribution in [2.24, 2.45) is 5.92 Å². The van der Waals surface area contributed by atoms with Gasteiger partial charge in [-0.15, -0.1) is 0 Å². The van der Waals surface area contributed by atoms with Crippen molar-refractivity contribution in [3.63, 3.8) is 0 Å². The van der Waals surface area contributed by atoms with Crippen LogP contribution in [-0.2, 0) is 9.53 Å². The van der Waals surface area contributed by atoms with Crippen LogP contribution < -0.4 is 10.1 Å². The molecule has 0 unspecified atom stereocenters. The molecular formula is C17H22N2O3. The standard InChI is InChI=1S/C17H22N2O3/c1-12-6-8-17(22-3,9-7-12)16(20)19-15-5-4-14(21-2)10-13(15)11-18/h4-5,10,12H,6-9H2,1-3H3,(H,19,20). The number of methoxy groups -OCH3 is 2. The Morgan fingerprint density at radius 2 is 2.05 bits per heavy atom. The highest BCUT2D eigenvalue weighted by atomic mass is 16.5. The van der Waals surface area contributed by atoms with Gasteiger partial charge in [-0.2, -0.15) is 5.26 Å². The van der Waals surface area contributed by atoms with Gasteiger partial charge in [-0.1, -0.05) is 6.92 Å². The summed E-state index contributed by atoms with van der Waals surface area (Å²) in [6.07, 6.45) is 3.34. The Balaban J connectivity index is 2.19. The molecule has 0 aliphatic heterocycles. The number of carbonyl (C=O) groups is 1. The lowest BCUT2D eigenvalue weighted by Crippen LogP contribution is -2.47. The molecule has 0 aromatic heterocycles. The Labute approximate surface area is 131 Å². The molecule has 22 heavy (non-hydrogen) atoms. The third kappa shape index (κ3) is 3.23. The van der Waals surface area contributed by atoms with Gasteiger partial charge < -0.3 is 14.8 Å². The van der Waals surface area contributed by atoms with E-state index in [1.165, 1.54) is 7.11 Å². The molecule has 1 aromatic carbocycles. The second-order valence-electron chi connectivity index (χ2n) is 5.86. The quantitative estimate of drug-likeness (QED) is 0.927. The molecule has 0 atom stereocenters. The third-order valence-electron chi connectivity index (χ3n) is 4.48. The maximum Gasteiger partial charge on any atom is 0.256 e. The summed E-state index contributed by atoms with van der Waals surface area (Å²) in [5, 5.41) is 12.1. The van der Waals surface area contributed by atoms with E-state index in [0.717, 1.165) is 12.8 Å². The maximum absolute atomic E-state index is 12.7. The molecule has 0 saturated heterocycles. The van der Waals surface area contributed by atoms with E-state index in [9.17, 15) is 10.1 Å². The average molecular weight is 302 g/mol. The first-order valence-corrected chi connectivity index (χ1v) is 7.49. The molecule has 0 bridgehead atoms. The van der Waals surface area contributed by atoms with Crippen molar-refractivity contribution >= 4 is 11.6 Å². The minimum absolute atomic E-state index is 0.177. The van der Waals surface area contributed by atoms with E-state index in [1.807, 2.05) is 0 Å². The summed E-state index contributed by atoms with van der Waals surface area (Å²) in [7, 11) is 3.12. The van der Waals surface area contributed by atoms with Crippen LogP contribution in [0.5, 0.6) is 5.75 Å². The zero-order valence-corrected chi connectivity index (χ0v) is 13.3. The minimum atomic E-state index is -0.792. The van der Waals surface area contributed by atoms with Gasteiger partial charge in [0.15, 0.2) is 0 Å². The molecule has 1 aliphatic rings. The van der Waals surface area contributed by atoms with E-state index < -0.39 is 5.60 Å². The lowest BCUT2D eigenvalue weighted by molar-refractivity contribution is -0.142. The number of anilines is 1. The number of amides is 1. The average Bonchev–Trinajstić information content (AvgIpc) is 2.56. The first-order valence-electron chi connectivity index (χ1n) is 7.49. The van der Waals surface area contributed by atoms with Crippen molar-refractivity contribution in [2.75, 3.05) is 19.5 Å². The fourth-order valence-corrected chi connectivity index (χ4v) is 2.84. The Bertz CT molecular complexity index is 584. The monoisotopic (exact) mass is 302 g/mol. The number of hydrogen-bond acceptors (Lipinski definition) is 4. The molecule has 1 N–H and O–H groups in total. The van der Waals surface area contributed by atoms with Crippen LogP contribution >= 0.6 is 0 Å². The van der Waals surface area contributed by atoms with Gasteiger partial charge in [0.05, 0.1) is 18.4 Å². The smallest absolute Gasteiger partial charge is 0.256 e. The van der Waals surface area contributed by atoms with Crippen molar-refractivity contribution in [3.8, 4) is 11.8 Å². The lowest BCUT2D eigenvalue weighted by Gasteiger charge is -2.36. The Kier molecular flexibility index (Phi) is 5.04. The lowest BCUT2D eigenvalue weighted by atomic mass is 9.79. The second kappa shape index (κ2) is 6.80. The molecule has 1 amide bonds. The van der Waals surface area contributed by atoms with Crippen molar-refractivity contribution in [3.05, 3.63) is 23.8 Å². The van der Waals surface area contributed by atoms with E-state index in [2.05, 4.69) is 18.3 Å². The zero-order valence-electron chi connectivity index (χ0n) is 13.3. The molecular weight excluding hydrogens is 280 g/mol. The summed E-state index contributed by atoms with van der Waals surface area (Å²) < 4.78 is 10.7. The van der Waals surface area contributed by atoms with Crippen LogP contribution in [0.2, 0.25) is 0 Å². The van der Waals surface area contributed by atoms with Gasteiger partial charge in [-0.25, -0.2) is 0 Å². The number of benzene rings is 1. The van der Waals surface area contributed by atoms with Crippen molar-refractivity contribution in [2.45, 2.75) is 38.2 Å². The van der Waals surface area contributed by atoms with Crippen LogP contribution in [0.15, 0.2) is 18.2 Å². The largest absolute Gasteiger partial charge is 0.497 e. The molecule has 0 radical (unpaired) electrons. The van der Waals surface area contributed by atoms with Gasteiger partial charge in [0.2, 0.25) is 0 Å². The van der Waals surface area contributed by atoms with Crippen LogP contribution in [0.3, 0.4) is 0 Å². The molecule has 5 heteroatoms. The van der Waals surface area contributed by atoms with Gasteiger partial charge in [0.1, 0.15) is 17.4 Å². The Morgan fingerprint density at radius 1 is 1.36 bits per heavy atom. The van der Waals surface area contributed by atoms with Crippen molar-refractivity contribution < 1.29 is 14.3 Å². The highest BCUT2D eigenvalue weighted by Gasteiger charge is 2.41. The van der Waals surface area contributed by atoms with Gasteiger partial charge in [-0.05, 0) is 49.8 Å². The predicted molar refractivity (Wildman–Crippen MR) is 83.7 cm³/mol. The topological polar surface area (TPSA) is 71.3 Å². The molecule has 0 spiro atoms. The number of nitriles is 1. The molecule has 1 aromatic rings. The maximum atomic E-state index is 12.7. The fourth-order valence-electron chi connectivity index (χ4n) is 2.84. The van der Waals surface area contributed by atoms with Crippen LogP contribution in [-0.4, -0.2) is 25.7 Å². The summed E-state index contributed by atoms with van der Waals surface area (Å²) >= 11 is 0. The van der Waals surface area contributed by atoms with Crippen LogP contribution in [0.1, 0.15) is 38.2 Å². The highest BCUT2D eigenvalue weighted by Crippen LogP contribution is 2.35. The predicted octanol–water partition coefficient (Wildman–Crippen LogP) is 3.10. The molecule has 1 saturated carbocycles. The molecule has 2 rings (SSSR count).